The molecule has 0 spiro atoms. The number of alkyl halides is 3. The Morgan fingerprint density at radius 3 is 2.70 bits per heavy atom. The Morgan fingerprint density at radius 2 is 2.09 bits per heavy atom. The van der Waals surface area contributed by atoms with E-state index in [2.05, 4.69) is 31.7 Å². The highest BCUT2D eigenvalue weighted by atomic mass is 79.9. The molecule has 1 amide bonds. The number of hydrogen-bond donors (Lipinski definition) is 2. The Labute approximate surface area is 139 Å². The summed E-state index contributed by atoms with van der Waals surface area (Å²) in [6.45, 7) is -0.157. The van der Waals surface area contributed by atoms with Gasteiger partial charge in [-0.25, -0.2) is 0 Å². The first-order valence-corrected chi connectivity index (χ1v) is 7.37. The van der Waals surface area contributed by atoms with Crippen molar-refractivity contribution in [2.75, 3.05) is 12.4 Å². The number of nitrogens with one attached hydrogen (secondary N) is 2. The van der Waals surface area contributed by atoms with E-state index >= 15 is 0 Å². The lowest BCUT2D eigenvalue weighted by Crippen LogP contribution is -2.20. The smallest absolute Gasteiger partial charge is 0.379 e. The van der Waals surface area contributed by atoms with Gasteiger partial charge in [0, 0.05) is 30.5 Å². The van der Waals surface area contributed by atoms with Crippen LogP contribution in [0.25, 0.3) is 0 Å². The lowest BCUT2D eigenvalue weighted by atomic mass is 10.1. The van der Waals surface area contributed by atoms with E-state index in [-0.39, 0.29) is 18.1 Å². The van der Waals surface area contributed by atoms with E-state index in [1.165, 1.54) is 14.1 Å². The maximum absolute atomic E-state index is 13.0. The third-order valence-corrected chi connectivity index (χ3v) is 3.60. The number of aromatic nitrogens is 2. The first kappa shape index (κ1) is 17.3. The zero-order valence-electron chi connectivity index (χ0n) is 12.3. The van der Waals surface area contributed by atoms with Crippen molar-refractivity contribution in [2.24, 2.45) is 7.05 Å². The lowest BCUT2D eigenvalue weighted by molar-refractivity contribution is -0.138. The Bertz CT molecular complexity index is 727. The second-order valence-electron chi connectivity index (χ2n) is 4.78. The van der Waals surface area contributed by atoms with Crippen molar-refractivity contribution in [2.45, 2.75) is 12.7 Å². The number of anilines is 1. The van der Waals surface area contributed by atoms with Gasteiger partial charge in [-0.3, -0.25) is 9.48 Å². The van der Waals surface area contributed by atoms with Crippen molar-refractivity contribution in [1.82, 2.24) is 15.1 Å². The Kier molecular flexibility index (Phi) is 4.98. The molecule has 1 aromatic heterocycles. The van der Waals surface area contributed by atoms with E-state index in [0.29, 0.717) is 15.7 Å². The molecular formula is C14H14BrF3N4O. The first-order chi connectivity index (χ1) is 10.7. The zero-order valence-corrected chi connectivity index (χ0v) is 13.9. The fourth-order valence-electron chi connectivity index (χ4n) is 2.08. The Morgan fingerprint density at radius 1 is 1.39 bits per heavy atom. The van der Waals surface area contributed by atoms with Crippen LogP contribution in [0, 0.1) is 0 Å². The maximum atomic E-state index is 13.0. The first-order valence-electron chi connectivity index (χ1n) is 6.57. The van der Waals surface area contributed by atoms with E-state index in [1.807, 2.05) is 0 Å². The summed E-state index contributed by atoms with van der Waals surface area (Å²) in [4.78, 5) is 11.8. The third kappa shape index (κ3) is 4.04. The monoisotopic (exact) mass is 390 g/mol. The fraction of sp³-hybridized carbons (Fsp3) is 0.286. The van der Waals surface area contributed by atoms with Gasteiger partial charge in [-0.2, -0.15) is 18.3 Å². The predicted molar refractivity (Wildman–Crippen MR) is 83.1 cm³/mol. The Hall–Kier alpha value is -2.03. The molecule has 124 valence electrons. The van der Waals surface area contributed by atoms with Gasteiger partial charge < -0.3 is 10.6 Å². The molecule has 0 saturated carbocycles. The average molecular weight is 391 g/mol. The number of carbonyl (C=O) groups is 1. The van der Waals surface area contributed by atoms with Gasteiger partial charge in [0.2, 0.25) is 0 Å². The molecule has 0 saturated heterocycles. The zero-order chi connectivity index (χ0) is 17.2. The standard InChI is InChI=1S/C14H14BrF3N4O/c1-19-13(23)9-4-3-8(15)5-11(9)20-6-12-10(14(16,17)18)7-22(2)21-12/h3-5,7,20H,6H2,1-2H3,(H,19,23). The molecule has 0 unspecified atom stereocenters. The van der Waals surface area contributed by atoms with Gasteiger partial charge in [0.05, 0.1) is 23.4 Å². The van der Waals surface area contributed by atoms with Crippen LogP contribution in [-0.4, -0.2) is 22.7 Å². The van der Waals surface area contributed by atoms with Crippen molar-refractivity contribution >= 4 is 27.5 Å². The molecule has 0 atom stereocenters. The van der Waals surface area contributed by atoms with Crippen LogP contribution in [0.1, 0.15) is 21.6 Å². The molecule has 0 radical (unpaired) electrons. The third-order valence-electron chi connectivity index (χ3n) is 3.11. The molecule has 0 aliphatic heterocycles. The molecule has 0 aliphatic carbocycles. The average Bonchev–Trinajstić information content (AvgIpc) is 2.85. The number of rotatable bonds is 4. The molecule has 2 N–H and O–H groups in total. The van der Waals surface area contributed by atoms with Crippen LogP contribution in [0.5, 0.6) is 0 Å². The highest BCUT2D eigenvalue weighted by Gasteiger charge is 2.35. The predicted octanol–water partition coefficient (Wildman–Crippen LogP) is 3.17. The van der Waals surface area contributed by atoms with Gasteiger partial charge in [-0.15, -0.1) is 0 Å². The summed E-state index contributed by atoms with van der Waals surface area (Å²) in [6, 6.07) is 4.88. The fourth-order valence-corrected chi connectivity index (χ4v) is 2.44. The molecular weight excluding hydrogens is 377 g/mol. The molecule has 23 heavy (non-hydrogen) atoms. The summed E-state index contributed by atoms with van der Waals surface area (Å²) < 4.78 is 40.7. The number of carbonyl (C=O) groups excluding carboxylic acids is 1. The minimum Gasteiger partial charge on any atom is -0.379 e. The maximum Gasteiger partial charge on any atom is 0.419 e. The van der Waals surface area contributed by atoms with Crippen LogP contribution in [0.3, 0.4) is 0 Å². The topological polar surface area (TPSA) is 59.0 Å². The highest BCUT2D eigenvalue weighted by molar-refractivity contribution is 9.10. The summed E-state index contributed by atoms with van der Waals surface area (Å²) >= 11 is 3.27. The number of nitrogens with zero attached hydrogens (tertiary/aromatic N) is 2. The second-order valence-corrected chi connectivity index (χ2v) is 5.70. The van der Waals surface area contributed by atoms with Crippen LogP contribution in [0.2, 0.25) is 0 Å². The number of aryl methyl sites for hydroxylation is 1. The van der Waals surface area contributed by atoms with Crippen LogP contribution >= 0.6 is 15.9 Å². The van der Waals surface area contributed by atoms with Crippen molar-refractivity contribution in [3.8, 4) is 0 Å². The molecule has 0 bridgehead atoms. The van der Waals surface area contributed by atoms with Gasteiger partial charge in [0.25, 0.3) is 5.91 Å². The summed E-state index contributed by atoms with van der Waals surface area (Å²) in [5, 5.41) is 9.16. The van der Waals surface area contributed by atoms with Crippen molar-refractivity contribution < 1.29 is 18.0 Å². The van der Waals surface area contributed by atoms with Gasteiger partial charge in [0.15, 0.2) is 0 Å². The van der Waals surface area contributed by atoms with Crippen LogP contribution in [0.4, 0.5) is 18.9 Å². The van der Waals surface area contributed by atoms with Crippen molar-refractivity contribution in [3.63, 3.8) is 0 Å². The number of amides is 1. The SMILES string of the molecule is CNC(=O)c1ccc(Br)cc1NCc1nn(C)cc1C(F)(F)F. The normalized spacial score (nSPS) is 11.4. The Balaban J connectivity index is 2.28. The molecule has 1 aromatic carbocycles. The minimum atomic E-state index is -4.48. The molecule has 2 aromatic rings. The summed E-state index contributed by atoms with van der Waals surface area (Å²) in [5.41, 5.74) is -0.190. The summed E-state index contributed by atoms with van der Waals surface area (Å²) in [7, 11) is 2.91. The summed E-state index contributed by atoms with van der Waals surface area (Å²) in [6.07, 6.45) is -3.55. The second kappa shape index (κ2) is 6.61. The largest absolute Gasteiger partial charge is 0.419 e. The minimum absolute atomic E-state index is 0.136. The summed E-state index contributed by atoms with van der Waals surface area (Å²) in [5.74, 6) is -0.336. The quantitative estimate of drug-likeness (QED) is 0.842. The molecule has 5 nitrogen and oxygen atoms in total. The van der Waals surface area contributed by atoms with E-state index in [9.17, 15) is 18.0 Å². The lowest BCUT2D eigenvalue weighted by Gasteiger charge is -2.12. The van der Waals surface area contributed by atoms with Crippen LogP contribution < -0.4 is 10.6 Å². The number of halogens is 4. The molecule has 1 heterocycles. The highest BCUT2D eigenvalue weighted by Crippen LogP contribution is 2.32. The van der Waals surface area contributed by atoms with Crippen molar-refractivity contribution in [3.05, 3.63) is 45.7 Å². The van der Waals surface area contributed by atoms with Gasteiger partial charge in [-0.1, -0.05) is 15.9 Å². The van der Waals surface area contributed by atoms with E-state index < -0.39 is 11.7 Å². The van der Waals surface area contributed by atoms with Gasteiger partial charge in [-0.05, 0) is 18.2 Å². The van der Waals surface area contributed by atoms with E-state index in [0.717, 1.165) is 10.9 Å². The van der Waals surface area contributed by atoms with E-state index in [1.54, 1.807) is 18.2 Å². The van der Waals surface area contributed by atoms with Crippen LogP contribution in [0.15, 0.2) is 28.9 Å². The van der Waals surface area contributed by atoms with Gasteiger partial charge >= 0.3 is 6.18 Å². The molecule has 0 fully saturated rings. The van der Waals surface area contributed by atoms with Gasteiger partial charge in [0.1, 0.15) is 0 Å². The van der Waals surface area contributed by atoms with Crippen molar-refractivity contribution in [1.29, 1.82) is 0 Å². The number of hydrogen-bond acceptors (Lipinski definition) is 3. The molecule has 0 aliphatic rings. The van der Waals surface area contributed by atoms with Crippen LogP contribution in [-0.2, 0) is 19.8 Å². The molecule has 9 heteroatoms. The number of benzene rings is 1. The molecule has 2 rings (SSSR count). The van der Waals surface area contributed by atoms with E-state index in [4.69, 9.17) is 0 Å².